The molecule has 0 aliphatic carbocycles. The minimum atomic E-state index is -1.95. The van der Waals surface area contributed by atoms with Gasteiger partial charge < -0.3 is 4.43 Å². The van der Waals surface area contributed by atoms with Crippen molar-refractivity contribution >= 4 is 36.7 Å². The fourth-order valence-corrected chi connectivity index (χ4v) is 3.61. The third-order valence-corrected chi connectivity index (χ3v) is 9.79. The minimum Gasteiger partial charge on any atom is -0.406 e. The van der Waals surface area contributed by atoms with Crippen LogP contribution in [0.4, 0.5) is 0 Å². The van der Waals surface area contributed by atoms with E-state index in [1.165, 1.54) is 11.1 Å². The van der Waals surface area contributed by atoms with Gasteiger partial charge in [0, 0.05) is 5.92 Å². The van der Waals surface area contributed by atoms with Crippen LogP contribution < -0.4 is 0 Å². The second kappa shape index (κ2) is 8.06. The molecule has 0 aromatic carbocycles. The van der Waals surface area contributed by atoms with E-state index in [2.05, 4.69) is 87.4 Å². The third-order valence-electron chi connectivity index (χ3n) is 4.40. The molecular formula is C17H31IO2Si. The van der Waals surface area contributed by atoms with E-state index in [0.29, 0.717) is 0 Å². The maximum absolute atomic E-state index is 12.1. The lowest BCUT2D eigenvalue weighted by atomic mass is 9.97. The molecule has 0 fully saturated rings. The van der Waals surface area contributed by atoms with Gasteiger partial charge in [0.25, 0.3) is 0 Å². The topological polar surface area (TPSA) is 26.3 Å². The van der Waals surface area contributed by atoms with Gasteiger partial charge in [-0.25, -0.2) is 0 Å². The molecule has 2 nitrogen and oxygen atoms in total. The Labute approximate surface area is 145 Å². The van der Waals surface area contributed by atoms with E-state index < -0.39 is 8.32 Å². The van der Waals surface area contributed by atoms with Crippen molar-refractivity contribution in [2.24, 2.45) is 5.92 Å². The Morgan fingerprint density at radius 2 is 1.62 bits per heavy atom. The molecule has 0 amide bonds. The van der Waals surface area contributed by atoms with E-state index in [0.717, 1.165) is 0 Å². The molecule has 2 atom stereocenters. The molecule has 0 spiro atoms. The number of hydrogen-bond acceptors (Lipinski definition) is 2. The Kier molecular flexibility index (Phi) is 8.08. The summed E-state index contributed by atoms with van der Waals surface area (Å²) in [7, 11) is -1.95. The number of carbonyl (C=O) groups is 1. The normalized spacial score (nSPS) is 17.6. The number of hydrogen-bond donors (Lipinski definition) is 0. The molecule has 0 heterocycles. The summed E-state index contributed by atoms with van der Waals surface area (Å²) in [4.78, 5) is 12.1. The molecule has 0 saturated heterocycles. The highest BCUT2D eigenvalue weighted by Crippen LogP contribution is 2.38. The number of rotatable bonds is 6. The first-order chi connectivity index (χ1) is 9.33. The minimum absolute atomic E-state index is 0.0860. The molecule has 0 aromatic heterocycles. The summed E-state index contributed by atoms with van der Waals surface area (Å²) in [6.45, 7) is 18.9. The number of allylic oxidation sites excluding steroid dienone is 2. The van der Waals surface area contributed by atoms with E-state index >= 15 is 0 Å². The second-order valence-electron chi connectivity index (χ2n) is 7.41. The lowest BCUT2D eigenvalue weighted by Crippen LogP contribution is -2.47. The van der Waals surface area contributed by atoms with Gasteiger partial charge in [0.05, 0.1) is 0 Å². The Morgan fingerprint density at radius 3 is 1.95 bits per heavy atom. The summed E-state index contributed by atoms with van der Waals surface area (Å²) in [5.41, 5.74) is 2.44. The molecule has 4 heteroatoms. The SMILES string of the molecule is CC(=O)[C@H](O[Si](C)(C)C(C)(C)C)[C@H](C)/C=C(C)/C(C)=C/I. The van der Waals surface area contributed by atoms with Crippen LogP contribution in [0.5, 0.6) is 0 Å². The van der Waals surface area contributed by atoms with Crippen molar-refractivity contribution < 1.29 is 9.22 Å². The molecule has 122 valence electrons. The summed E-state index contributed by atoms with van der Waals surface area (Å²) < 4.78 is 8.43. The Bertz CT molecular complexity index is 431. The van der Waals surface area contributed by atoms with E-state index in [4.69, 9.17) is 4.43 Å². The monoisotopic (exact) mass is 422 g/mol. The van der Waals surface area contributed by atoms with Crippen LogP contribution in [0.1, 0.15) is 48.5 Å². The first-order valence-corrected chi connectivity index (χ1v) is 11.6. The van der Waals surface area contributed by atoms with Crippen LogP contribution in [0.15, 0.2) is 21.3 Å². The van der Waals surface area contributed by atoms with Crippen molar-refractivity contribution in [2.75, 3.05) is 0 Å². The number of Topliss-reactive ketones (excluding diaryl/α,β-unsaturated/α-hetero) is 1. The van der Waals surface area contributed by atoms with Gasteiger partial charge in [-0.15, -0.1) is 0 Å². The highest BCUT2D eigenvalue weighted by molar-refractivity contribution is 14.1. The van der Waals surface area contributed by atoms with Gasteiger partial charge in [-0.1, -0.05) is 61.9 Å². The summed E-state index contributed by atoms with van der Waals surface area (Å²) in [5, 5.41) is 0.108. The molecule has 0 aliphatic rings. The summed E-state index contributed by atoms with van der Waals surface area (Å²) in [6.07, 6.45) is 1.81. The van der Waals surface area contributed by atoms with Crippen molar-refractivity contribution in [3.05, 3.63) is 21.3 Å². The standard InChI is InChI=1S/C17H31IO2Si/c1-12(14(3)11-18)10-13(2)16(15(4)19)20-21(8,9)17(5,6)7/h10-11,13,16H,1-9H3/b12-10+,14-11+/t13-,16-/m1/s1. The largest absolute Gasteiger partial charge is 0.406 e. The van der Waals surface area contributed by atoms with Crippen LogP contribution in [0.25, 0.3) is 0 Å². The van der Waals surface area contributed by atoms with Crippen LogP contribution in [-0.2, 0) is 9.22 Å². The van der Waals surface area contributed by atoms with Crippen molar-refractivity contribution in [2.45, 2.75) is 72.7 Å². The number of carbonyl (C=O) groups excluding carboxylic acids is 1. The van der Waals surface area contributed by atoms with E-state index in [9.17, 15) is 4.79 Å². The van der Waals surface area contributed by atoms with Gasteiger partial charge in [0.2, 0.25) is 0 Å². The zero-order chi connectivity index (χ0) is 17.0. The predicted octanol–water partition coefficient (Wildman–Crippen LogP) is 5.89. The van der Waals surface area contributed by atoms with Crippen molar-refractivity contribution in [1.29, 1.82) is 0 Å². The van der Waals surface area contributed by atoms with Gasteiger partial charge in [-0.2, -0.15) is 0 Å². The maximum atomic E-state index is 12.1. The smallest absolute Gasteiger partial charge is 0.193 e. The fourth-order valence-electron chi connectivity index (χ4n) is 1.75. The first-order valence-electron chi connectivity index (χ1n) is 7.47. The zero-order valence-corrected chi connectivity index (χ0v) is 18.2. The predicted molar refractivity (Wildman–Crippen MR) is 103 cm³/mol. The maximum Gasteiger partial charge on any atom is 0.193 e. The zero-order valence-electron chi connectivity index (χ0n) is 15.0. The van der Waals surface area contributed by atoms with Gasteiger partial charge in [0.15, 0.2) is 14.1 Å². The highest BCUT2D eigenvalue weighted by atomic mass is 127. The van der Waals surface area contributed by atoms with Crippen molar-refractivity contribution in [1.82, 2.24) is 0 Å². The lowest BCUT2D eigenvalue weighted by Gasteiger charge is -2.39. The summed E-state index contributed by atoms with van der Waals surface area (Å²) >= 11 is 2.24. The van der Waals surface area contributed by atoms with Crippen LogP contribution in [-0.4, -0.2) is 20.2 Å². The highest BCUT2D eigenvalue weighted by Gasteiger charge is 2.41. The van der Waals surface area contributed by atoms with E-state index in [1.54, 1.807) is 6.92 Å². The Hall–Kier alpha value is 0.0569. The Morgan fingerprint density at radius 1 is 1.14 bits per heavy atom. The van der Waals surface area contributed by atoms with Crippen LogP contribution in [0, 0.1) is 5.92 Å². The average molecular weight is 422 g/mol. The first kappa shape index (κ1) is 21.1. The van der Waals surface area contributed by atoms with Crippen molar-refractivity contribution in [3.63, 3.8) is 0 Å². The van der Waals surface area contributed by atoms with Gasteiger partial charge >= 0.3 is 0 Å². The Balaban J connectivity index is 5.32. The number of halogens is 1. The van der Waals surface area contributed by atoms with Crippen LogP contribution >= 0.6 is 22.6 Å². The quantitative estimate of drug-likeness (QED) is 0.303. The molecule has 0 N–H and O–H groups in total. The summed E-state index contributed by atoms with van der Waals surface area (Å²) in [5.74, 6) is 0.204. The van der Waals surface area contributed by atoms with Gasteiger partial charge in [0.1, 0.15) is 6.10 Å². The molecule has 0 aliphatic heterocycles. The average Bonchev–Trinajstić information content (AvgIpc) is 2.32. The fraction of sp³-hybridized carbons (Fsp3) is 0.706. The molecule has 21 heavy (non-hydrogen) atoms. The molecule has 0 rings (SSSR count). The molecule has 0 unspecified atom stereocenters. The van der Waals surface area contributed by atoms with E-state index in [1.807, 2.05) is 0 Å². The van der Waals surface area contributed by atoms with E-state index in [-0.39, 0.29) is 22.8 Å². The lowest BCUT2D eigenvalue weighted by molar-refractivity contribution is -0.125. The molecule has 0 bridgehead atoms. The number of ketones is 1. The van der Waals surface area contributed by atoms with Crippen LogP contribution in [0.2, 0.25) is 18.1 Å². The van der Waals surface area contributed by atoms with Gasteiger partial charge in [-0.3, -0.25) is 4.79 Å². The second-order valence-corrected chi connectivity index (χ2v) is 12.8. The molecule has 0 radical (unpaired) electrons. The molecular weight excluding hydrogens is 391 g/mol. The van der Waals surface area contributed by atoms with Gasteiger partial charge in [-0.05, 0) is 48.6 Å². The molecule has 0 saturated carbocycles. The van der Waals surface area contributed by atoms with Crippen molar-refractivity contribution in [3.8, 4) is 0 Å². The molecule has 0 aromatic rings. The van der Waals surface area contributed by atoms with Crippen LogP contribution in [0.3, 0.4) is 0 Å². The third kappa shape index (κ3) is 6.36. The summed E-state index contributed by atoms with van der Waals surface area (Å²) in [6, 6.07) is 0.